The molecule has 1 fully saturated rings. The van der Waals surface area contributed by atoms with Crippen molar-refractivity contribution in [2.24, 2.45) is 0 Å². The Kier molecular flexibility index (Phi) is 10.6. The summed E-state index contributed by atoms with van der Waals surface area (Å²) in [6.07, 6.45) is 1.41. The van der Waals surface area contributed by atoms with Gasteiger partial charge >= 0.3 is 0 Å². The third-order valence-corrected chi connectivity index (χ3v) is 10.7. The number of sulfonamides is 1. The molecule has 0 spiro atoms. The number of amides is 1. The van der Waals surface area contributed by atoms with Gasteiger partial charge in [0.15, 0.2) is 6.29 Å². The second kappa shape index (κ2) is 15.6. The second-order valence-electron chi connectivity index (χ2n) is 13.0. The molecule has 1 amide bonds. The van der Waals surface area contributed by atoms with Gasteiger partial charge in [0.05, 0.1) is 47.6 Å². The number of fused-ring (bicyclic) bond motifs is 1. The van der Waals surface area contributed by atoms with Crippen LogP contribution < -0.4 is 10.0 Å². The fraction of sp³-hybridized carbons (Fsp3) is 0.220. The average Bonchev–Trinajstić information content (AvgIpc) is 3.57. The molecule has 52 heavy (non-hydrogen) atoms. The van der Waals surface area contributed by atoms with E-state index in [9.17, 15) is 18.3 Å². The Labute approximate surface area is 303 Å². The van der Waals surface area contributed by atoms with E-state index in [1.165, 1.54) is 12.1 Å². The van der Waals surface area contributed by atoms with Gasteiger partial charge in [0, 0.05) is 17.7 Å². The van der Waals surface area contributed by atoms with E-state index >= 15 is 0 Å². The Hall–Kier alpha value is -5.17. The quantitative estimate of drug-likeness (QED) is 0.130. The van der Waals surface area contributed by atoms with Crippen LogP contribution in [0.4, 0.5) is 5.69 Å². The summed E-state index contributed by atoms with van der Waals surface area (Å²) in [6, 6.07) is 37.6. The van der Waals surface area contributed by atoms with Gasteiger partial charge in [-0.3, -0.25) is 4.79 Å². The Balaban J connectivity index is 1.09. The minimum atomic E-state index is -3.99. The monoisotopic (exact) mass is 716 g/mol. The number of ether oxygens (including phenoxy) is 2. The van der Waals surface area contributed by atoms with Crippen molar-refractivity contribution in [2.75, 3.05) is 5.32 Å². The zero-order valence-corrected chi connectivity index (χ0v) is 29.4. The maximum absolute atomic E-state index is 13.7. The Morgan fingerprint density at radius 1 is 0.846 bits per heavy atom. The van der Waals surface area contributed by atoms with Gasteiger partial charge in [-0.05, 0) is 66.4 Å². The molecule has 1 aliphatic rings. The summed E-state index contributed by atoms with van der Waals surface area (Å²) >= 11 is 0. The first-order chi connectivity index (χ1) is 25.2. The predicted octanol–water partition coefficient (Wildman–Crippen LogP) is 6.61. The summed E-state index contributed by atoms with van der Waals surface area (Å²) in [6.45, 7) is 2.41. The molecule has 7 rings (SSSR count). The van der Waals surface area contributed by atoms with Crippen LogP contribution in [0.5, 0.6) is 0 Å². The van der Waals surface area contributed by atoms with E-state index < -0.39 is 28.3 Å². The Morgan fingerprint density at radius 2 is 1.54 bits per heavy atom. The number of carbonyl (C=O) groups is 1. The normalized spacial score (nSPS) is 18.2. The first kappa shape index (κ1) is 35.2. The van der Waals surface area contributed by atoms with Crippen molar-refractivity contribution in [3.8, 4) is 0 Å². The van der Waals surface area contributed by atoms with Crippen molar-refractivity contribution in [1.82, 2.24) is 14.3 Å². The zero-order valence-electron chi connectivity index (χ0n) is 28.6. The molecule has 1 aromatic heterocycles. The van der Waals surface area contributed by atoms with Crippen molar-refractivity contribution in [2.45, 2.75) is 62.4 Å². The zero-order chi connectivity index (χ0) is 36.1. The molecule has 4 atom stereocenters. The van der Waals surface area contributed by atoms with Crippen LogP contribution in [0.15, 0.2) is 139 Å². The molecular formula is C41H40N4O6S. The minimum Gasteiger partial charge on any atom is -0.392 e. The number of aryl methyl sites for hydroxylation is 1. The van der Waals surface area contributed by atoms with Crippen LogP contribution in [-0.2, 0) is 43.9 Å². The smallest absolute Gasteiger partial charge is 0.242 e. The third-order valence-electron chi connectivity index (χ3n) is 9.22. The van der Waals surface area contributed by atoms with Gasteiger partial charge in [0.1, 0.15) is 6.04 Å². The molecule has 6 aromatic rings. The van der Waals surface area contributed by atoms with E-state index in [0.717, 1.165) is 38.9 Å². The molecule has 4 unspecified atom stereocenters. The van der Waals surface area contributed by atoms with Crippen LogP contribution in [-0.4, -0.2) is 41.1 Å². The SMILES string of the molecule is Cc1ccc(S(=O)(=O)NC(Cc2ccccc2)C(=O)Nc2ccc(C3OC(Cn4cnc5ccccc54)CC(c4ccc(CO)cc4)O3)cc2)cc1. The molecule has 0 bridgehead atoms. The number of para-hydroxylation sites is 2. The summed E-state index contributed by atoms with van der Waals surface area (Å²) in [5, 5.41) is 12.5. The van der Waals surface area contributed by atoms with E-state index in [-0.39, 0.29) is 30.1 Å². The van der Waals surface area contributed by atoms with Crippen molar-refractivity contribution in [3.63, 3.8) is 0 Å². The van der Waals surface area contributed by atoms with Crippen LogP contribution in [0, 0.1) is 6.92 Å². The molecular weight excluding hydrogens is 677 g/mol. The van der Waals surface area contributed by atoms with Crippen LogP contribution in [0.3, 0.4) is 0 Å². The molecule has 11 heteroatoms. The van der Waals surface area contributed by atoms with Crippen molar-refractivity contribution in [1.29, 1.82) is 0 Å². The standard InChI is InChI=1S/C41H40N4O6S/c1-28-11-21-35(22-12-28)52(48,49)44-37(23-29-7-3-2-4-8-29)40(47)43-33-19-17-32(18-20-33)41-50-34(25-45-27-42-36-9-5-6-10-38(36)45)24-39(51-41)31-15-13-30(26-46)14-16-31/h2-22,27,34,37,39,41,44,46H,23-26H2,1H3,(H,43,47). The number of imidazole rings is 1. The number of aliphatic hydroxyl groups excluding tert-OH is 1. The largest absolute Gasteiger partial charge is 0.392 e. The first-order valence-corrected chi connectivity index (χ1v) is 18.7. The Bertz CT molecular complexity index is 2220. The molecule has 10 nitrogen and oxygen atoms in total. The number of nitrogens with one attached hydrogen (secondary N) is 2. The van der Waals surface area contributed by atoms with E-state index in [1.54, 1.807) is 24.3 Å². The lowest BCUT2D eigenvalue weighted by atomic mass is 10.00. The molecule has 5 aromatic carbocycles. The van der Waals surface area contributed by atoms with Crippen LogP contribution in [0.2, 0.25) is 0 Å². The number of benzene rings is 5. The number of carbonyl (C=O) groups excluding carboxylic acids is 1. The number of rotatable bonds is 12. The highest BCUT2D eigenvalue weighted by molar-refractivity contribution is 7.89. The van der Waals surface area contributed by atoms with Crippen LogP contribution in [0.25, 0.3) is 11.0 Å². The van der Waals surface area contributed by atoms with Crippen LogP contribution in [0.1, 0.15) is 46.6 Å². The number of anilines is 1. The van der Waals surface area contributed by atoms with Gasteiger partial charge in [-0.15, -0.1) is 0 Å². The lowest BCUT2D eigenvalue weighted by Crippen LogP contribution is -2.45. The topological polar surface area (TPSA) is 132 Å². The highest BCUT2D eigenvalue weighted by atomic mass is 32.2. The van der Waals surface area contributed by atoms with Crippen molar-refractivity contribution in [3.05, 3.63) is 162 Å². The molecule has 3 N–H and O–H groups in total. The molecule has 1 aliphatic heterocycles. The van der Waals surface area contributed by atoms with Gasteiger partial charge in [0.2, 0.25) is 15.9 Å². The van der Waals surface area contributed by atoms with Gasteiger partial charge in [-0.1, -0.05) is 96.6 Å². The van der Waals surface area contributed by atoms with Gasteiger partial charge in [-0.25, -0.2) is 13.4 Å². The molecule has 0 aliphatic carbocycles. The number of aromatic nitrogens is 2. The molecule has 2 heterocycles. The minimum absolute atomic E-state index is 0.0393. The Morgan fingerprint density at radius 3 is 2.27 bits per heavy atom. The molecule has 0 radical (unpaired) electrons. The maximum Gasteiger partial charge on any atom is 0.242 e. The fourth-order valence-electron chi connectivity index (χ4n) is 6.37. The molecule has 1 saturated heterocycles. The van der Waals surface area contributed by atoms with Gasteiger partial charge in [-0.2, -0.15) is 4.72 Å². The second-order valence-corrected chi connectivity index (χ2v) is 14.7. The van der Waals surface area contributed by atoms with E-state index in [1.807, 2.05) is 104 Å². The lowest BCUT2D eigenvalue weighted by Gasteiger charge is -2.36. The van der Waals surface area contributed by atoms with E-state index in [4.69, 9.17) is 9.47 Å². The van der Waals surface area contributed by atoms with Crippen LogP contribution >= 0.6 is 0 Å². The van der Waals surface area contributed by atoms with E-state index in [0.29, 0.717) is 18.7 Å². The number of aliphatic hydroxyl groups is 1. The van der Waals surface area contributed by atoms with Gasteiger partial charge in [0.25, 0.3) is 0 Å². The molecule has 0 saturated carbocycles. The first-order valence-electron chi connectivity index (χ1n) is 17.2. The van der Waals surface area contributed by atoms with E-state index in [2.05, 4.69) is 19.6 Å². The average molecular weight is 717 g/mol. The highest BCUT2D eigenvalue weighted by Gasteiger charge is 2.33. The maximum atomic E-state index is 13.7. The van der Waals surface area contributed by atoms with Gasteiger partial charge < -0.3 is 24.5 Å². The number of hydrogen-bond donors (Lipinski definition) is 3. The number of nitrogens with zero attached hydrogens (tertiary/aromatic N) is 2. The summed E-state index contributed by atoms with van der Waals surface area (Å²) in [4.78, 5) is 18.3. The third kappa shape index (κ3) is 8.31. The summed E-state index contributed by atoms with van der Waals surface area (Å²) in [5.41, 5.74) is 6.73. The number of hydrogen-bond acceptors (Lipinski definition) is 7. The van der Waals surface area contributed by atoms with Crippen molar-refractivity contribution < 1.29 is 27.8 Å². The summed E-state index contributed by atoms with van der Waals surface area (Å²) < 4.78 is 44.5. The lowest BCUT2D eigenvalue weighted by molar-refractivity contribution is -0.252. The summed E-state index contributed by atoms with van der Waals surface area (Å²) in [7, 11) is -3.99. The fourth-order valence-corrected chi connectivity index (χ4v) is 7.57. The predicted molar refractivity (Wildman–Crippen MR) is 199 cm³/mol. The highest BCUT2D eigenvalue weighted by Crippen LogP contribution is 2.39. The summed E-state index contributed by atoms with van der Waals surface area (Å²) in [5.74, 6) is -0.489. The molecule has 266 valence electrons. The van der Waals surface area contributed by atoms with Crippen molar-refractivity contribution >= 4 is 32.7 Å².